The topological polar surface area (TPSA) is 22.1 Å². The van der Waals surface area contributed by atoms with E-state index < -0.39 is 0 Å². The largest absolute Gasteiger partial charge is 0.486 e. The second kappa shape index (κ2) is 3.88. The number of ether oxygens (including phenoxy) is 1. The summed E-state index contributed by atoms with van der Waals surface area (Å²) >= 11 is 5.08. The molecule has 0 aliphatic heterocycles. The van der Waals surface area contributed by atoms with Gasteiger partial charge in [-0.05, 0) is 41.1 Å². The van der Waals surface area contributed by atoms with Crippen molar-refractivity contribution in [1.29, 1.82) is 0 Å². The van der Waals surface area contributed by atoms with E-state index >= 15 is 0 Å². The Bertz CT molecular complexity index is 314. The maximum absolute atomic E-state index is 5.75. The fourth-order valence-electron chi connectivity index (χ4n) is 1.03. The van der Waals surface area contributed by atoms with Gasteiger partial charge in [-0.15, -0.1) is 11.8 Å². The molecule has 0 unspecified atom stereocenters. The molecule has 1 fully saturated rings. The molecule has 0 radical (unpaired) electrons. The van der Waals surface area contributed by atoms with Crippen LogP contribution in [0.1, 0.15) is 12.8 Å². The molecule has 1 aliphatic rings. The number of thioether (sulfide) groups is 1. The fourth-order valence-corrected chi connectivity index (χ4v) is 2.11. The van der Waals surface area contributed by atoms with Gasteiger partial charge in [0.1, 0.15) is 4.60 Å². The molecular formula is C9H10BrNOS. The van der Waals surface area contributed by atoms with E-state index in [1.54, 1.807) is 18.0 Å². The summed E-state index contributed by atoms with van der Waals surface area (Å²) in [4.78, 5) is 5.29. The number of hydrogen-bond acceptors (Lipinski definition) is 3. The van der Waals surface area contributed by atoms with E-state index in [4.69, 9.17) is 4.74 Å². The SMILES string of the molecule is CSc1ccnc(Br)c1OC1CC1. The van der Waals surface area contributed by atoms with Crippen molar-refractivity contribution in [2.45, 2.75) is 23.8 Å². The molecule has 1 aromatic rings. The number of halogens is 1. The summed E-state index contributed by atoms with van der Waals surface area (Å²) in [6.07, 6.45) is 6.60. The van der Waals surface area contributed by atoms with Crippen LogP contribution in [0, 0.1) is 0 Å². The summed E-state index contributed by atoms with van der Waals surface area (Å²) < 4.78 is 6.56. The van der Waals surface area contributed by atoms with E-state index in [9.17, 15) is 0 Å². The van der Waals surface area contributed by atoms with Crippen LogP contribution in [0.2, 0.25) is 0 Å². The number of nitrogens with zero attached hydrogens (tertiary/aromatic N) is 1. The lowest BCUT2D eigenvalue weighted by Crippen LogP contribution is -1.99. The molecule has 0 spiro atoms. The van der Waals surface area contributed by atoms with Gasteiger partial charge in [0.05, 0.1) is 11.0 Å². The fraction of sp³-hybridized carbons (Fsp3) is 0.444. The Kier molecular flexibility index (Phi) is 2.79. The first-order valence-electron chi connectivity index (χ1n) is 4.16. The smallest absolute Gasteiger partial charge is 0.166 e. The van der Waals surface area contributed by atoms with Gasteiger partial charge >= 0.3 is 0 Å². The molecule has 1 aromatic heterocycles. The van der Waals surface area contributed by atoms with Crippen LogP contribution in [0.4, 0.5) is 0 Å². The lowest BCUT2D eigenvalue weighted by Gasteiger charge is -2.09. The molecular weight excluding hydrogens is 250 g/mol. The number of pyridine rings is 1. The summed E-state index contributed by atoms with van der Waals surface area (Å²) in [7, 11) is 0. The van der Waals surface area contributed by atoms with E-state index in [0.717, 1.165) is 15.2 Å². The summed E-state index contributed by atoms with van der Waals surface area (Å²) in [5.41, 5.74) is 0. The van der Waals surface area contributed by atoms with Gasteiger partial charge in [-0.2, -0.15) is 0 Å². The van der Waals surface area contributed by atoms with Gasteiger partial charge in [0, 0.05) is 6.20 Å². The van der Waals surface area contributed by atoms with Gasteiger partial charge in [-0.25, -0.2) is 4.98 Å². The zero-order valence-electron chi connectivity index (χ0n) is 7.29. The molecule has 4 heteroatoms. The average molecular weight is 260 g/mol. The van der Waals surface area contributed by atoms with Crippen LogP contribution >= 0.6 is 27.7 Å². The third-order valence-electron chi connectivity index (χ3n) is 1.85. The molecule has 1 heterocycles. The first-order chi connectivity index (χ1) is 6.31. The van der Waals surface area contributed by atoms with Crippen LogP contribution in [-0.4, -0.2) is 17.3 Å². The Morgan fingerprint density at radius 3 is 3.00 bits per heavy atom. The minimum absolute atomic E-state index is 0.423. The minimum Gasteiger partial charge on any atom is -0.486 e. The van der Waals surface area contributed by atoms with E-state index in [-0.39, 0.29) is 0 Å². The molecule has 0 N–H and O–H groups in total. The summed E-state index contributed by atoms with van der Waals surface area (Å²) in [6, 6.07) is 1.98. The van der Waals surface area contributed by atoms with Gasteiger partial charge in [-0.1, -0.05) is 0 Å². The predicted molar refractivity (Wildman–Crippen MR) is 57.4 cm³/mol. The highest BCUT2D eigenvalue weighted by Crippen LogP contribution is 2.37. The van der Waals surface area contributed by atoms with Crippen molar-refractivity contribution < 1.29 is 4.74 Å². The Balaban J connectivity index is 2.27. The maximum atomic E-state index is 5.75. The Hall–Kier alpha value is -0.220. The summed E-state index contributed by atoms with van der Waals surface area (Å²) in [5, 5.41) is 0. The van der Waals surface area contributed by atoms with Crippen molar-refractivity contribution in [3.63, 3.8) is 0 Å². The Labute approximate surface area is 90.2 Å². The Morgan fingerprint density at radius 1 is 1.62 bits per heavy atom. The zero-order chi connectivity index (χ0) is 9.26. The number of rotatable bonds is 3. The van der Waals surface area contributed by atoms with Gasteiger partial charge in [0.15, 0.2) is 5.75 Å². The van der Waals surface area contributed by atoms with E-state index in [2.05, 4.69) is 20.9 Å². The molecule has 0 bridgehead atoms. The molecule has 0 atom stereocenters. The molecule has 13 heavy (non-hydrogen) atoms. The monoisotopic (exact) mass is 259 g/mol. The molecule has 0 aromatic carbocycles. The van der Waals surface area contributed by atoms with Crippen molar-refractivity contribution in [3.8, 4) is 5.75 Å². The van der Waals surface area contributed by atoms with Crippen molar-refractivity contribution in [3.05, 3.63) is 16.9 Å². The van der Waals surface area contributed by atoms with Crippen LogP contribution in [0.15, 0.2) is 21.8 Å². The van der Waals surface area contributed by atoms with Crippen molar-refractivity contribution in [2.24, 2.45) is 0 Å². The van der Waals surface area contributed by atoms with E-state index in [0.29, 0.717) is 6.10 Å². The first kappa shape index (κ1) is 9.34. The average Bonchev–Trinajstić information content (AvgIpc) is 2.92. The summed E-state index contributed by atoms with van der Waals surface area (Å²) in [6.45, 7) is 0. The van der Waals surface area contributed by atoms with E-state index in [1.807, 2.05) is 12.3 Å². The first-order valence-corrected chi connectivity index (χ1v) is 6.18. The highest BCUT2D eigenvalue weighted by molar-refractivity contribution is 9.10. The zero-order valence-corrected chi connectivity index (χ0v) is 9.69. The Morgan fingerprint density at radius 2 is 2.38 bits per heavy atom. The van der Waals surface area contributed by atoms with Crippen molar-refractivity contribution in [2.75, 3.05) is 6.26 Å². The predicted octanol–water partition coefficient (Wildman–Crippen LogP) is 3.11. The third kappa shape index (κ3) is 2.17. The second-order valence-electron chi connectivity index (χ2n) is 2.95. The minimum atomic E-state index is 0.423. The van der Waals surface area contributed by atoms with Gasteiger partial charge in [-0.3, -0.25) is 0 Å². The van der Waals surface area contributed by atoms with Gasteiger partial charge < -0.3 is 4.74 Å². The lowest BCUT2D eigenvalue weighted by molar-refractivity contribution is 0.292. The molecule has 2 rings (SSSR count). The molecule has 70 valence electrons. The second-order valence-corrected chi connectivity index (χ2v) is 4.55. The maximum Gasteiger partial charge on any atom is 0.166 e. The number of aromatic nitrogens is 1. The quantitative estimate of drug-likeness (QED) is 0.615. The van der Waals surface area contributed by atoms with Crippen molar-refractivity contribution >= 4 is 27.7 Å². The summed E-state index contributed by atoms with van der Waals surface area (Å²) in [5.74, 6) is 0.900. The van der Waals surface area contributed by atoms with Gasteiger partial charge in [0.2, 0.25) is 0 Å². The molecule has 0 amide bonds. The van der Waals surface area contributed by atoms with Crippen LogP contribution in [0.25, 0.3) is 0 Å². The third-order valence-corrected chi connectivity index (χ3v) is 3.18. The molecule has 2 nitrogen and oxygen atoms in total. The lowest BCUT2D eigenvalue weighted by atomic mass is 10.4. The highest BCUT2D eigenvalue weighted by atomic mass is 79.9. The molecule has 0 saturated heterocycles. The van der Waals surface area contributed by atoms with Crippen LogP contribution in [0.5, 0.6) is 5.75 Å². The standard InChI is InChI=1S/C9H10BrNOS/c1-13-7-4-5-11-9(10)8(7)12-6-2-3-6/h4-6H,2-3H2,1H3. The van der Waals surface area contributed by atoms with Crippen molar-refractivity contribution in [1.82, 2.24) is 4.98 Å². The van der Waals surface area contributed by atoms with Gasteiger partial charge in [0.25, 0.3) is 0 Å². The molecule has 1 saturated carbocycles. The number of hydrogen-bond donors (Lipinski definition) is 0. The normalized spacial score (nSPS) is 15.8. The highest BCUT2D eigenvalue weighted by Gasteiger charge is 2.25. The molecule has 1 aliphatic carbocycles. The van der Waals surface area contributed by atoms with E-state index in [1.165, 1.54) is 12.8 Å². The van der Waals surface area contributed by atoms with Crippen LogP contribution in [0.3, 0.4) is 0 Å². The van der Waals surface area contributed by atoms with Crippen LogP contribution < -0.4 is 4.74 Å². The van der Waals surface area contributed by atoms with Crippen LogP contribution in [-0.2, 0) is 0 Å².